The highest BCUT2D eigenvalue weighted by molar-refractivity contribution is 6.33. The number of anilines is 2. The second-order valence-corrected chi connectivity index (χ2v) is 6.99. The maximum absolute atomic E-state index is 11.8. The van der Waals surface area contributed by atoms with Crippen LogP contribution in [0.3, 0.4) is 0 Å². The smallest absolute Gasteiger partial charge is 0.289 e. The lowest BCUT2D eigenvalue weighted by Crippen LogP contribution is -2.47. The number of aromatic amines is 1. The largest absolute Gasteiger partial charge is 0.495 e. The molecule has 0 spiro atoms. The molecule has 0 aliphatic carbocycles. The fourth-order valence-electron chi connectivity index (χ4n) is 3.30. The van der Waals surface area contributed by atoms with E-state index < -0.39 is 0 Å². The van der Waals surface area contributed by atoms with E-state index in [9.17, 15) is 4.79 Å². The highest BCUT2D eigenvalue weighted by Crippen LogP contribution is 2.28. The van der Waals surface area contributed by atoms with Crippen molar-refractivity contribution in [1.29, 1.82) is 0 Å². The van der Waals surface area contributed by atoms with Gasteiger partial charge in [0.15, 0.2) is 0 Å². The van der Waals surface area contributed by atoms with Crippen molar-refractivity contribution in [3.63, 3.8) is 0 Å². The van der Waals surface area contributed by atoms with Crippen molar-refractivity contribution in [2.45, 2.75) is 13.3 Å². The summed E-state index contributed by atoms with van der Waals surface area (Å²) >= 11 is 6.15. The molecular weight excluding hydrogens is 366 g/mol. The van der Waals surface area contributed by atoms with Gasteiger partial charge in [0.05, 0.1) is 23.5 Å². The first-order valence-electron chi connectivity index (χ1n) is 9.19. The Morgan fingerprint density at radius 1 is 1.26 bits per heavy atom. The lowest BCUT2D eigenvalue weighted by atomic mass is 10.2. The minimum atomic E-state index is -0.281. The number of benzene rings is 1. The van der Waals surface area contributed by atoms with E-state index in [2.05, 4.69) is 31.4 Å². The van der Waals surface area contributed by atoms with Crippen molar-refractivity contribution >= 4 is 23.0 Å². The summed E-state index contributed by atoms with van der Waals surface area (Å²) in [6.07, 6.45) is 0.936. The van der Waals surface area contributed by atoms with E-state index in [4.69, 9.17) is 16.3 Å². The third-order valence-corrected chi connectivity index (χ3v) is 5.30. The summed E-state index contributed by atoms with van der Waals surface area (Å²) in [7, 11) is 1.71. The van der Waals surface area contributed by atoms with Crippen molar-refractivity contribution < 1.29 is 4.74 Å². The molecule has 0 atom stereocenters. The number of piperazine rings is 1. The molecule has 0 unspecified atom stereocenters. The predicted octanol–water partition coefficient (Wildman–Crippen LogP) is 2.36. The Balaban J connectivity index is 1.44. The van der Waals surface area contributed by atoms with Crippen LogP contribution in [0.15, 0.2) is 29.1 Å². The van der Waals surface area contributed by atoms with Crippen LogP contribution in [0.2, 0.25) is 5.02 Å². The summed E-state index contributed by atoms with van der Waals surface area (Å²) in [5.41, 5.74) is 1.90. The molecule has 1 aliphatic heterocycles. The van der Waals surface area contributed by atoms with Crippen LogP contribution in [0.5, 0.6) is 5.75 Å². The van der Waals surface area contributed by atoms with E-state index in [-0.39, 0.29) is 5.56 Å². The minimum Gasteiger partial charge on any atom is -0.495 e. The lowest BCUT2D eigenvalue weighted by molar-refractivity contribution is 0.256. The fraction of sp³-hybridized carbons (Fsp3) is 0.474. The first kappa shape index (κ1) is 19.5. The van der Waals surface area contributed by atoms with Gasteiger partial charge >= 0.3 is 0 Å². The number of halogens is 1. The van der Waals surface area contributed by atoms with Crippen LogP contribution >= 0.6 is 11.6 Å². The SMILES string of the molecule is COc1ccccc1N1CCN(CCCNc2c(Cl)c(C)n[nH]c2=O)CC1. The van der Waals surface area contributed by atoms with E-state index in [1.807, 2.05) is 18.2 Å². The summed E-state index contributed by atoms with van der Waals surface area (Å²) in [5.74, 6) is 0.921. The fourth-order valence-corrected chi connectivity index (χ4v) is 3.49. The molecule has 1 fully saturated rings. The summed E-state index contributed by atoms with van der Waals surface area (Å²) in [5, 5.41) is 9.84. The molecule has 2 aromatic rings. The maximum Gasteiger partial charge on any atom is 0.289 e. The van der Waals surface area contributed by atoms with E-state index in [1.165, 1.54) is 0 Å². The summed E-state index contributed by atoms with van der Waals surface area (Å²) in [6.45, 7) is 7.41. The number of aromatic nitrogens is 2. The number of aryl methyl sites for hydroxylation is 1. The van der Waals surface area contributed by atoms with E-state index >= 15 is 0 Å². The zero-order valence-corrected chi connectivity index (χ0v) is 16.6. The van der Waals surface area contributed by atoms with Gasteiger partial charge in [-0.05, 0) is 32.0 Å². The molecule has 8 heteroatoms. The molecule has 0 saturated carbocycles. The maximum atomic E-state index is 11.8. The molecule has 1 aliphatic rings. The van der Waals surface area contributed by atoms with E-state index in [0.29, 0.717) is 22.9 Å². The van der Waals surface area contributed by atoms with Gasteiger partial charge in [0.25, 0.3) is 5.56 Å². The second-order valence-electron chi connectivity index (χ2n) is 6.61. The third-order valence-electron chi connectivity index (χ3n) is 4.84. The highest BCUT2D eigenvalue weighted by atomic mass is 35.5. The molecule has 2 heterocycles. The minimum absolute atomic E-state index is 0.281. The summed E-state index contributed by atoms with van der Waals surface area (Å²) in [4.78, 5) is 16.6. The van der Waals surface area contributed by atoms with Crippen molar-refractivity contribution in [1.82, 2.24) is 15.1 Å². The van der Waals surface area contributed by atoms with E-state index in [0.717, 1.165) is 50.6 Å². The monoisotopic (exact) mass is 391 g/mol. The number of nitrogens with one attached hydrogen (secondary N) is 2. The molecule has 3 rings (SSSR count). The van der Waals surface area contributed by atoms with Gasteiger partial charge in [0.1, 0.15) is 11.4 Å². The number of ether oxygens (including phenoxy) is 1. The first-order valence-corrected chi connectivity index (χ1v) is 9.57. The van der Waals surface area contributed by atoms with Crippen molar-refractivity contribution in [3.8, 4) is 5.75 Å². The third kappa shape index (κ3) is 4.73. The Bertz CT molecular complexity index is 818. The molecule has 1 aromatic carbocycles. The molecule has 7 nitrogen and oxygen atoms in total. The van der Waals surface area contributed by atoms with Gasteiger partial charge in [0.2, 0.25) is 0 Å². The summed E-state index contributed by atoms with van der Waals surface area (Å²) in [6, 6.07) is 8.15. The average Bonchev–Trinajstić information content (AvgIpc) is 2.71. The highest BCUT2D eigenvalue weighted by Gasteiger charge is 2.19. The molecule has 1 saturated heterocycles. The number of hydrogen-bond acceptors (Lipinski definition) is 6. The quantitative estimate of drug-likeness (QED) is 0.706. The molecule has 2 N–H and O–H groups in total. The Hall–Kier alpha value is -2.25. The van der Waals surface area contributed by atoms with Gasteiger partial charge in [-0.3, -0.25) is 9.69 Å². The summed E-state index contributed by atoms with van der Waals surface area (Å²) < 4.78 is 5.47. The standard InChI is InChI=1S/C19H26ClN5O2/c1-14-17(20)18(19(26)23-22-14)21-8-5-9-24-10-12-25(13-11-24)15-6-3-4-7-16(15)27-2/h3-4,6-7H,5,8-13H2,1-2H3,(H,21,22)(H,23,26). The molecule has 0 amide bonds. The zero-order chi connectivity index (χ0) is 19.2. The number of nitrogens with zero attached hydrogens (tertiary/aromatic N) is 3. The molecule has 146 valence electrons. The number of methoxy groups -OCH3 is 1. The molecule has 1 aromatic heterocycles. The van der Waals surface area contributed by atoms with Gasteiger partial charge in [-0.2, -0.15) is 5.10 Å². The average molecular weight is 392 g/mol. The molecule has 27 heavy (non-hydrogen) atoms. The van der Waals surface area contributed by atoms with Crippen LogP contribution in [0, 0.1) is 6.92 Å². The Morgan fingerprint density at radius 3 is 2.74 bits per heavy atom. The van der Waals surface area contributed by atoms with Crippen molar-refractivity contribution in [3.05, 3.63) is 45.3 Å². The number of hydrogen-bond donors (Lipinski definition) is 2. The van der Waals surface area contributed by atoms with Crippen LogP contribution in [0.4, 0.5) is 11.4 Å². The second kappa shape index (κ2) is 9.10. The first-order chi connectivity index (χ1) is 13.1. The van der Waals surface area contributed by atoms with Gasteiger partial charge in [-0.15, -0.1) is 0 Å². The normalized spacial score (nSPS) is 15.0. The van der Waals surface area contributed by atoms with Crippen LogP contribution in [-0.4, -0.2) is 61.5 Å². The van der Waals surface area contributed by atoms with Crippen molar-refractivity contribution in [2.24, 2.45) is 0 Å². The topological polar surface area (TPSA) is 73.5 Å². The zero-order valence-electron chi connectivity index (χ0n) is 15.8. The number of para-hydroxylation sites is 2. The Kier molecular flexibility index (Phi) is 6.58. The number of rotatable bonds is 7. The van der Waals surface area contributed by atoms with Gasteiger partial charge in [0, 0.05) is 32.7 Å². The molecular formula is C19H26ClN5O2. The van der Waals surface area contributed by atoms with Crippen molar-refractivity contribution in [2.75, 3.05) is 56.6 Å². The van der Waals surface area contributed by atoms with Gasteiger partial charge in [-0.1, -0.05) is 23.7 Å². The van der Waals surface area contributed by atoms with Gasteiger partial charge in [-0.25, -0.2) is 5.10 Å². The van der Waals surface area contributed by atoms with Gasteiger partial charge < -0.3 is 15.0 Å². The molecule has 0 bridgehead atoms. The predicted molar refractivity (Wildman–Crippen MR) is 109 cm³/mol. The lowest BCUT2D eigenvalue weighted by Gasteiger charge is -2.36. The van der Waals surface area contributed by atoms with Crippen LogP contribution in [0.1, 0.15) is 12.1 Å². The Morgan fingerprint density at radius 2 is 2.00 bits per heavy atom. The van der Waals surface area contributed by atoms with Crippen LogP contribution in [-0.2, 0) is 0 Å². The Labute approximate surface area is 164 Å². The molecule has 0 radical (unpaired) electrons. The van der Waals surface area contributed by atoms with Crippen LogP contribution < -0.4 is 20.5 Å². The number of H-pyrrole nitrogens is 1. The van der Waals surface area contributed by atoms with E-state index in [1.54, 1.807) is 14.0 Å². The van der Waals surface area contributed by atoms with Crippen LogP contribution in [0.25, 0.3) is 0 Å².